The molecule has 0 aliphatic rings. The van der Waals surface area contributed by atoms with Crippen molar-refractivity contribution in [2.75, 3.05) is 13.1 Å². The zero-order valence-electron chi connectivity index (χ0n) is 6.62. The lowest BCUT2D eigenvalue weighted by Gasteiger charge is -2.22. The van der Waals surface area contributed by atoms with E-state index < -0.39 is 0 Å². The van der Waals surface area contributed by atoms with E-state index in [0.29, 0.717) is 3.29 Å². The van der Waals surface area contributed by atoms with Gasteiger partial charge in [0.25, 0.3) is 0 Å². The quantitative estimate of drug-likeness (QED) is 0.507. The highest BCUT2D eigenvalue weighted by Gasteiger charge is 2.14. The number of thiol groups is 2. The molecule has 0 bridgehead atoms. The largest absolute Gasteiger partial charge is 0.870 e. The third-order valence-corrected chi connectivity index (χ3v) is 1.96. The van der Waals surface area contributed by atoms with Crippen LogP contribution in [0.1, 0.15) is 26.7 Å². The Kier molecular flexibility index (Phi) is 8.38. The summed E-state index contributed by atoms with van der Waals surface area (Å²) in [6, 6.07) is 0. The minimum atomic E-state index is 0. The molecule has 0 rings (SSSR count). The molecule has 0 spiro atoms. The predicted molar refractivity (Wildman–Crippen MR) is 50.5 cm³/mol. The van der Waals surface area contributed by atoms with Crippen molar-refractivity contribution in [2.45, 2.75) is 26.7 Å². The Balaban J connectivity index is 0. The van der Waals surface area contributed by atoms with Crippen LogP contribution < -0.4 is 0 Å². The number of hydrogen-bond donors (Lipinski definition) is 2. The van der Waals surface area contributed by atoms with Crippen molar-refractivity contribution in [1.82, 2.24) is 0 Å². The van der Waals surface area contributed by atoms with E-state index in [2.05, 4.69) is 39.5 Å². The minimum absolute atomic E-state index is 0. The summed E-state index contributed by atoms with van der Waals surface area (Å²) in [6.07, 6.45) is 2.29. The van der Waals surface area contributed by atoms with E-state index in [0.717, 1.165) is 25.9 Å². The Bertz CT molecular complexity index is 70.1. The molecule has 4 heteroatoms. The number of quaternary nitrogens is 1. The van der Waals surface area contributed by atoms with Crippen molar-refractivity contribution in [3.63, 3.8) is 0 Å². The second-order valence-electron chi connectivity index (χ2n) is 2.33. The van der Waals surface area contributed by atoms with Gasteiger partial charge in [0, 0.05) is 0 Å². The van der Waals surface area contributed by atoms with Crippen molar-refractivity contribution in [3.8, 4) is 0 Å². The summed E-state index contributed by atoms with van der Waals surface area (Å²) >= 11 is 8.70. The molecule has 1 N–H and O–H groups in total. The summed E-state index contributed by atoms with van der Waals surface area (Å²) in [6.45, 7) is 6.38. The maximum atomic E-state index is 4.35. The molecular weight excluding hydrogens is 166 g/mol. The highest BCUT2D eigenvalue weighted by Crippen LogP contribution is 2.16. The average Bonchev–Trinajstić information content (AvgIpc) is 1.64. The summed E-state index contributed by atoms with van der Waals surface area (Å²) in [4.78, 5) is 0. The number of rotatable bonds is 4. The van der Waals surface area contributed by atoms with E-state index in [9.17, 15) is 0 Å². The van der Waals surface area contributed by atoms with Gasteiger partial charge >= 0.3 is 0 Å². The van der Waals surface area contributed by atoms with Crippen molar-refractivity contribution in [2.24, 2.45) is 0 Å². The van der Waals surface area contributed by atoms with Crippen LogP contribution in [0, 0.1) is 0 Å². The van der Waals surface area contributed by atoms with Gasteiger partial charge in [0.2, 0.25) is 0 Å². The van der Waals surface area contributed by atoms with Gasteiger partial charge in [-0.2, -0.15) is 0 Å². The first-order valence-corrected chi connectivity index (χ1v) is 4.25. The van der Waals surface area contributed by atoms with E-state index in [-0.39, 0.29) is 5.48 Å². The van der Waals surface area contributed by atoms with E-state index in [1.165, 1.54) is 0 Å². The van der Waals surface area contributed by atoms with Crippen LogP contribution in [-0.4, -0.2) is 21.9 Å². The van der Waals surface area contributed by atoms with E-state index in [1.54, 1.807) is 0 Å². The van der Waals surface area contributed by atoms with Crippen LogP contribution in [0.5, 0.6) is 0 Å². The van der Waals surface area contributed by atoms with Gasteiger partial charge < -0.3 is 5.48 Å². The molecule has 10 heavy (non-hydrogen) atoms. The molecule has 0 saturated carbocycles. The summed E-state index contributed by atoms with van der Waals surface area (Å²) in [7, 11) is 0. The molecule has 64 valence electrons. The summed E-state index contributed by atoms with van der Waals surface area (Å²) in [5, 5.41) is 0. The van der Waals surface area contributed by atoms with Gasteiger partial charge in [-0.1, -0.05) is 13.8 Å². The third kappa shape index (κ3) is 6.74. The Morgan fingerprint density at radius 3 is 1.50 bits per heavy atom. The molecule has 0 aromatic heterocycles. The van der Waals surface area contributed by atoms with E-state index in [4.69, 9.17) is 0 Å². The second-order valence-corrected chi connectivity index (χ2v) is 4.17. The topological polar surface area (TPSA) is 30.0 Å². The molecule has 0 aromatic carbocycles. The van der Waals surface area contributed by atoms with E-state index in [1.807, 2.05) is 0 Å². The van der Waals surface area contributed by atoms with Gasteiger partial charge in [0.15, 0.2) is 0 Å². The van der Waals surface area contributed by atoms with Gasteiger partial charge in [0.1, 0.15) is 0 Å². The highest BCUT2D eigenvalue weighted by atomic mass is 32.2. The van der Waals surface area contributed by atoms with E-state index >= 15 is 0 Å². The van der Waals surface area contributed by atoms with Gasteiger partial charge in [-0.15, -0.1) is 0 Å². The highest BCUT2D eigenvalue weighted by molar-refractivity contribution is 7.87. The average molecular weight is 183 g/mol. The number of hydrogen-bond acceptors (Lipinski definition) is 3. The molecule has 0 atom stereocenters. The Labute approximate surface area is 74.6 Å². The lowest BCUT2D eigenvalue weighted by atomic mass is 10.4. The van der Waals surface area contributed by atoms with Crippen molar-refractivity contribution < 1.29 is 8.77 Å². The van der Waals surface area contributed by atoms with Crippen LogP contribution in [0.4, 0.5) is 0 Å². The first-order chi connectivity index (χ1) is 4.12. The zero-order valence-corrected chi connectivity index (χ0v) is 8.41. The van der Waals surface area contributed by atoms with Gasteiger partial charge in [-0.25, -0.2) is 3.29 Å². The maximum Gasteiger partial charge on any atom is 0.0995 e. The third-order valence-electron chi connectivity index (χ3n) is 1.16. The fraction of sp³-hybridized carbons (Fsp3) is 1.00. The molecule has 0 saturated heterocycles. The molecule has 0 radical (unpaired) electrons. The molecule has 0 aliphatic carbocycles. The van der Waals surface area contributed by atoms with Crippen LogP contribution in [-0.2, 0) is 0 Å². The Morgan fingerprint density at radius 1 is 1.00 bits per heavy atom. The van der Waals surface area contributed by atoms with Crippen molar-refractivity contribution in [1.29, 1.82) is 0 Å². The second kappa shape index (κ2) is 6.34. The standard InChI is InChI=1S/C6H16NS2.H2O/c1-3-5-7(8,9)6-4-2;/h8-9H,3-6H2,1-2H3;1H2/q+1;/p-1. The smallest absolute Gasteiger partial charge is 0.0995 e. The van der Waals surface area contributed by atoms with Gasteiger partial charge in [-0.05, 0) is 12.8 Å². The Hall–Kier alpha value is 0.620. The molecule has 0 fully saturated rings. The van der Waals surface area contributed by atoms with Gasteiger partial charge in [0.05, 0.1) is 38.7 Å². The molecule has 2 nitrogen and oxygen atoms in total. The minimum Gasteiger partial charge on any atom is -0.870 e. The lowest BCUT2D eigenvalue weighted by molar-refractivity contribution is -0.640. The first-order valence-electron chi connectivity index (χ1n) is 3.45. The normalized spacial score (nSPS) is 10.8. The Morgan fingerprint density at radius 2 is 1.30 bits per heavy atom. The fourth-order valence-electron chi connectivity index (χ4n) is 0.828. The summed E-state index contributed by atoms with van der Waals surface area (Å²) in [5.74, 6) is 0. The van der Waals surface area contributed by atoms with Crippen LogP contribution in [0.25, 0.3) is 0 Å². The van der Waals surface area contributed by atoms with Crippen LogP contribution in [0.2, 0.25) is 0 Å². The van der Waals surface area contributed by atoms with Crippen LogP contribution in [0.3, 0.4) is 0 Å². The molecule has 0 aromatic rings. The molecule has 0 aliphatic heterocycles. The molecule has 0 heterocycles. The lowest BCUT2D eigenvalue weighted by Crippen LogP contribution is -2.28. The van der Waals surface area contributed by atoms with Crippen LogP contribution >= 0.6 is 25.6 Å². The SMILES string of the molecule is CCC[N+](S)(S)CCC.[OH-]. The van der Waals surface area contributed by atoms with Crippen LogP contribution in [0.15, 0.2) is 0 Å². The molecular formula is C6H17NOS2. The predicted octanol–water partition coefficient (Wildman–Crippen LogP) is 2.14. The monoisotopic (exact) mass is 183 g/mol. The summed E-state index contributed by atoms with van der Waals surface area (Å²) in [5.41, 5.74) is 0. The summed E-state index contributed by atoms with van der Waals surface area (Å²) < 4.78 is 0.576. The zero-order chi connectivity index (χ0) is 7.33. The van der Waals surface area contributed by atoms with Crippen molar-refractivity contribution in [3.05, 3.63) is 0 Å². The number of nitrogens with zero attached hydrogens (tertiary/aromatic N) is 1. The first kappa shape index (κ1) is 13.2. The van der Waals surface area contributed by atoms with Gasteiger partial charge in [-0.3, -0.25) is 0 Å². The molecule has 0 amide bonds. The van der Waals surface area contributed by atoms with Crippen molar-refractivity contribution >= 4 is 25.6 Å². The molecule has 0 unspecified atom stereocenters. The fourth-order valence-corrected chi connectivity index (χ4v) is 1.63. The maximum absolute atomic E-state index is 4.35.